The first kappa shape index (κ1) is 24.4. The van der Waals surface area contributed by atoms with Crippen LogP contribution in [0.15, 0.2) is 47.9 Å². The zero-order valence-electron chi connectivity index (χ0n) is 19.3. The van der Waals surface area contributed by atoms with Gasteiger partial charge in [-0.1, -0.05) is 43.2 Å². The first-order valence-electron chi connectivity index (χ1n) is 11.6. The Morgan fingerprint density at radius 1 is 1.09 bits per heavy atom. The molecule has 1 aliphatic heterocycles. The first-order valence-corrected chi connectivity index (χ1v) is 13.1. The van der Waals surface area contributed by atoms with Gasteiger partial charge in [0.1, 0.15) is 6.04 Å². The summed E-state index contributed by atoms with van der Waals surface area (Å²) < 4.78 is 28.9. The summed E-state index contributed by atoms with van der Waals surface area (Å²) in [5.74, 6) is -1.06. The molecule has 1 aromatic carbocycles. The Bertz CT molecular complexity index is 1110. The number of primary amides is 1. The molecule has 3 atom stereocenters. The van der Waals surface area contributed by atoms with Crippen LogP contribution in [0.1, 0.15) is 37.3 Å². The van der Waals surface area contributed by atoms with Crippen LogP contribution in [0, 0.1) is 5.92 Å². The van der Waals surface area contributed by atoms with Gasteiger partial charge in [-0.2, -0.15) is 4.31 Å². The maximum absolute atomic E-state index is 13.3. The number of benzene rings is 1. The Kier molecular flexibility index (Phi) is 7.34. The van der Waals surface area contributed by atoms with E-state index in [1.165, 1.54) is 16.8 Å². The summed E-state index contributed by atoms with van der Waals surface area (Å²) in [5.41, 5.74) is 6.25. The molecule has 2 aliphatic rings. The van der Waals surface area contributed by atoms with E-state index in [-0.39, 0.29) is 22.9 Å². The molecule has 10 nitrogen and oxygen atoms in total. The lowest BCUT2D eigenvalue weighted by molar-refractivity contribution is -0.133. The summed E-state index contributed by atoms with van der Waals surface area (Å²) in [6.07, 6.45) is 6.52. The van der Waals surface area contributed by atoms with Gasteiger partial charge in [0, 0.05) is 45.5 Å². The highest BCUT2D eigenvalue weighted by Gasteiger charge is 2.39. The summed E-state index contributed by atoms with van der Waals surface area (Å²) in [6.45, 7) is 1.77. The van der Waals surface area contributed by atoms with Gasteiger partial charge in [0.25, 0.3) is 10.0 Å². The Morgan fingerprint density at radius 2 is 1.76 bits per heavy atom. The van der Waals surface area contributed by atoms with Crippen molar-refractivity contribution in [1.29, 1.82) is 0 Å². The summed E-state index contributed by atoms with van der Waals surface area (Å²) in [7, 11) is -1.90. The molecule has 1 aliphatic carbocycles. The van der Waals surface area contributed by atoms with E-state index in [2.05, 4.69) is 15.2 Å². The van der Waals surface area contributed by atoms with Crippen molar-refractivity contribution in [3.8, 4) is 0 Å². The van der Waals surface area contributed by atoms with Crippen molar-refractivity contribution in [3.05, 3.63) is 48.4 Å². The van der Waals surface area contributed by atoms with Gasteiger partial charge in [-0.15, -0.1) is 0 Å². The standard InChI is InChI=1S/C23H32N6O4S/c1-27-15-20(25-16-27)34(32,33)29-13-11-28(12-14-29)19-10-6-5-9-18(19)23(31)26-21(22(24)30)17-7-3-2-4-8-17/h2-4,7-8,15-16,18-19,21H,5-6,9-14H2,1H3,(H2,24,30)(H,26,31)/t18-,19-,21+/m1/s1. The van der Waals surface area contributed by atoms with E-state index in [9.17, 15) is 18.0 Å². The van der Waals surface area contributed by atoms with Crippen molar-refractivity contribution < 1.29 is 18.0 Å². The number of amides is 2. The molecule has 1 saturated heterocycles. The maximum atomic E-state index is 13.3. The fraction of sp³-hybridized carbons (Fsp3) is 0.522. The fourth-order valence-electron chi connectivity index (χ4n) is 5.00. The number of sulfonamides is 1. The zero-order chi connectivity index (χ0) is 24.3. The number of nitrogens with zero attached hydrogens (tertiary/aromatic N) is 4. The highest BCUT2D eigenvalue weighted by molar-refractivity contribution is 7.89. The van der Waals surface area contributed by atoms with Crippen molar-refractivity contribution >= 4 is 21.8 Å². The molecule has 2 aromatic rings. The predicted octanol–water partition coefficient (Wildman–Crippen LogP) is 0.628. The number of piperazine rings is 1. The Balaban J connectivity index is 1.42. The van der Waals surface area contributed by atoms with Crippen LogP contribution in [0.4, 0.5) is 0 Å². The van der Waals surface area contributed by atoms with Crippen LogP contribution >= 0.6 is 0 Å². The van der Waals surface area contributed by atoms with E-state index in [1.807, 2.05) is 6.07 Å². The summed E-state index contributed by atoms with van der Waals surface area (Å²) in [5, 5.41) is 2.92. The Hall–Kier alpha value is -2.76. The van der Waals surface area contributed by atoms with Gasteiger partial charge >= 0.3 is 0 Å². The number of nitrogens with two attached hydrogens (primary N) is 1. The van der Waals surface area contributed by atoms with E-state index in [1.54, 1.807) is 35.9 Å². The van der Waals surface area contributed by atoms with Crippen LogP contribution < -0.4 is 11.1 Å². The number of imidazole rings is 1. The molecule has 0 radical (unpaired) electrons. The van der Waals surface area contributed by atoms with Gasteiger partial charge < -0.3 is 15.6 Å². The molecule has 0 spiro atoms. The first-order chi connectivity index (χ1) is 16.3. The molecule has 4 rings (SSSR count). The van der Waals surface area contributed by atoms with Crippen molar-refractivity contribution in [2.75, 3.05) is 26.2 Å². The van der Waals surface area contributed by atoms with Crippen LogP contribution in [-0.4, -0.2) is 71.2 Å². The van der Waals surface area contributed by atoms with Crippen molar-refractivity contribution in [2.45, 2.75) is 42.8 Å². The lowest BCUT2D eigenvalue weighted by Gasteiger charge is -2.43. The number of carbonyl (C=O) groups is 2. The van der Waals surface area contributed by atoms with E-state index in [0.717, 1.165) is 25.7 Å². The van der Waals surface area contributed by atoms with Crippen LogP contribution in [0.25, 0.3) is 0 Å². The molecule has 1 saturated carbocycles. The average Bonchev–Trinajstić information content (AvgIpc) is 3.30. The lowest BCUT2D eigenvalue weighted by atomic mass is 9.82. The zero-order valence-corrected chi connectivity index (χ0v) is 20.2. The SMILES string of the molecule is Cn1cnc(S(=O)(=O)N2CCN([C@@H]3CCCC[C@H]3C(=O)N[C@H](C(N)=O)c3ccccc3)CC2)c1. The molecule has 1 aromatic heterocycles. The number of rotatable bonds is 7. The molecule has 0 bridgehead atoms. The second-order valence-electron chi connectivity index (χ2n) is 9.03. The van der Waals surface area contributed by atoms with Gasteiger partial charge in [-0.05, 0) is 18.4 Å². The summed E-state index contributed by atoms with van der Waals surface area (Å²) in [6, 6.07) is 8.12. The minimum absolute atomic E-state index is 0.00208. The highest BCUT2D eigenvalue weighted by atomic mass is 32.2. The minimum Gasteiger partial charge on any atom is -0.368 e. The molecule has 11 heteroatoms. The quantitative estimate of drug-likeness (QED) is 0.588. The van der Waals surface area contributed by atoms with E-state index >= 15 is 0 Å². The molecule has 2 amide bonds. The highest BCUT2D eigenvalue weighted by Crippen LogP contribution is 2.31. The third-order valence-electron chi connectivity index (χ3n) is 6.80. The van der Waals surface area contributed by atoms with Gasteiger partial charge in [0.05, 0.1) is 12.2 Å². The predicted molar refractivity (Wildman–Crippen MR) is 126 cm³/mol. The van der Waals surface area contributed by atoms with Crippen LogP contribution in [-0.2, 0) is 26.7 Å². The second-order valence-corrected chi connectivity index (χ2v) is 10.9. The molecule has 2 heterocycles. The molecule has 3 N–H and O–H groups in total. The summed E-state index contributed by atoms with van der Waals surface area (Å²) >= 11 is 0. The van der Waals surface area contributed by atoms with Crippen molar-refractivity contribution in [2.24, 2.45) is 18.7 Å². The Morgan fingerprint density at radius 3 is 2.38 bits per heavy atom. The van der Waals surface area contributed by atoms with Gasteiger partial charge in [0.2, 0.25) is 11.8 Å². The largest absolute Gasteiger partial charge is 0.368 e. The van der Waals surface area contributed by atoms with E-state index in [0.29, 0.717) is 31.7 Å². The molecule has 34 heavy (non-hydrogen) atoms. The average molecular weight is 489 g/mol. The van der Waals surface area contributed by atoms with Gasteiger partial charge in [-0.3, -0.25) is 14.5 Å². The molecular formula is C23H32N6O4S. The Labute approximate surface area is 200 Å². The smallest absolute Gasteiger partial charge is 0.262 e. The minimum atomic E-state index is -3.64. The van der Waals surface area contributed by atoms with Gasteiger partial charge in [-0.25, -0.2) is 13.4 Å². The normalized spacial score (nSPS) is 23.3. The number of nitrogens with one attached hydrogen (secondary N) is 1. The fourth-order valence-corrected chi connectivity index (χ4v) is 6.39. The number of carbonyl (C=O) groups excluding carboxylic acids is 2. The molecular weight excluding hydrogens is 456 g/mol. The van der Waals surface area contributed by atoms with Gasteiger partial charge in [0.15, 0.2) is 5.03 Å². The molecule has 184 valence electrons. The molecule has 2 fully saturated rings. The third kappa shape index (κ3) is 5.16. The monoisotopic (exact) mass is 488 g/mol. The van der Waals surface area contributed by atoms with E-state index < -0.39 is 22.0 Å². The van der Waals surface area contributed by atoms with Crippen LogP contribution in [0.3, 0.4) is 0 Å². The van der Waals surface area contributed by atoms with E-state index in [4.69, 9.17) is 5.73 Å². The summed E-state index contributed by atoms with van der Waals surface area (Å²) in [4.78, 5) is 31.6. The van der Waals surface area contributed by atoms with Crippen molar-refractivity contribution in [3.63, 3.8) is 0 Å². The maximum Gasteiger partial charge on any atom is 0.262 e. The number of hydrogen-bond acceptors (Lipinski definition) is 6. The number of aromatic nitrogens is 2. The third-order valence-corrected chi connectivity index (χ3v) is 8.58. The molecule has 0 unspecified atom stereocenters. The van der Waals surface area contributed by atoms with Crippen LogP contribution in [0.5, 0.6) is 0 Å². The van der Waals surface area contributed by atoms with Crippen molar-refractivity contribution in [1.82, 2.24) is 24.1 Å². The van der Waals surface area contributed by atoms with Crippen LogP contribution in [0.2, 0.25) is 0 Å². The lowest BCUT2D eigenvalue weighted by Crippen LogP contribution is -2.56. The second kappa shape index (κ2) is 10.2. The number of aryl methyl sites for hydroxylation is 1. The topological polar surface area (TPSA) is 131 Å². The number of hydrogen-bond donors (Lipinski definition) is 2.